The molecule has 6 atom stereocenters. The van der Waals surface area contributed by atoms with E-state index in [0.29, 0.717) is 21.4 Å². The Bertz CT molecular complexity index is 1790. The number of hydrogen-bond acceptors (Lipinski definition) is 10. The average Bonchev–Trinajstić information content (AvgIpc) is 3.66. The molecular weight excluding hydrogens is 628 g/mol. The maximum atomic E-state index is 14.7. The number of allylic oxidation sites excluding steroid dienone is 1. The summed E-state index contributed by atoms with van der Waals surface area (Å²) in [5, 5.41) is 26.9. The van der Waals surface area contributed by atoms with Crippen LogP contribution in [-0.4, -0.2) is 72.7 Å². The predicted molar refractivity (Wildman–Crippen MR) is 154 cm³/mol. The van der Waals surface area contributed by atoms with E-state index in [1.54, 1.807) is 6.07 Å². The molecule has 2 aromatic carbocycles. The van der Waals surface area contributed by atoms with Gasteiger partial charge in [-0.15, -0.1) is 11.3 Å². The van der Waals surface area contributed by atoms with E-state index in [-0.39, 0.29) is 23.3 Å². The van der Waals surface area contributed by atoms with Gasteiger partial charge < -0.3 is 25.4 Å². The molecule has 4 N–H and O–H groups in total. The molecule has 0 amide bonds. The van der Waals surface area contributed by atoms with Crippen LogP contribution in [0.15, 0.2) is 47.0 Å². The maximum Gasteiger partial charge on any atom is 0.418 e. The van der Waals surface area contributed by atoms with Crippen molar-refractivity contribution >= 4 is 44.9 Å². The first-order chi connectivity index (χ1) is 20.8. The zero-order valence-corrected chi connectivity index (χ0v) is 24.6. The zero-order chi connectivity index (χ0) is 31.6. The number of aliphatic imine (C=N–C) groups is 1. The molecule has 16 heteroatoms. The topological polar surface area (TPSA) is 141 Å². The van der Waals surface area contributed by atoms with E-state index in [4.69, 9.17) is 26.8 Å². The minimum atomic E-state index is -4.77. The fourth-order valence-electron chi connectivity index (χ4n) is 5.48. The van der Waals surface area contributed by atoms with Crippen LogP contribution in [0, 0.1) is 12.7 Å². The summed E-state index contributed by atoms with van der Waals surface area (Å²) in [6, 6.07) is 4.80. The molecule has 0 aliphatic carbocycles. The maximum absolute atomic E-state index is 14.7. The van der Waals surface area contributed by atoms with Crippen LogP contribution >= 0.6 is 22.9 Å². The second-order valence-corrected chi connectivity index (χ2v) is 12.0. The van der Waals surface area contributed by atoms with Gasteiger partial charge in [-0.1, -0.05) is 11.6 Å². The minimum absolute atomic E-state index is 0.0141. The van der Waals surface area contributed by atoms with Crippen molar-refractivity contribution in [3.8, 4) is 5.69 Å². The number of nitrogens with two attached hydrogens (primary N) is 1. The Morgan fingerprint density at radius 1 is 1.30 bits per heavy atom. The smallest absolute Gasteiger partial charge is 0.404 e. The molecular formula is C28H25ClF4N6O4S. The Labute approximate surface area is 256 Å². The molecule has 2 aliphatic heterocycles. The first-order valence-corrected chi connectivity index (χ1v) is 14.5. The third-order valence-corrected chi connectivity index (χ3v) is 8.63. The van der Waals surface area contributed by atoms with Gasteiger partial charge in [-0.2, -0.15) is 18.3 Å². The van der Waals surface area contributed by atoms with Crippen molar-refractivity contribution in [3.63, 3.8) is 0 Å². The average molecular weight is 653 g/mol. The fourth-order valence-corrected chi connectivity index (χ4v) is 6.32. The Balaban J connectivity index is 1.41. The number of fused-ring (bicyclic) bond motifs is 2. The molecule has 2 aromatic heterocycles. The Hall–Kier alpha value is -3.47. The van der Waals surface area contributed by atoms with Gasteiger partial charge >= 0.3 is 6.18 Å². The first-order valence-electron chi connectivity index (χ1n) is 13.2. The summed E-state index contributed by atoms with van der Waals surface area (Å²) >= 11 is 7.22. The van der Waals surface area contributed by atoms with Crippen molar-refractivity contribution in [1.82, 2.24) is 19.7 Å². The highest BCUT2D eigenvalue weighted by molar-refractivity contribution is 7.16. The Morgan fingerprint density at radius 2 is 2.07 bits per heavy atom. The normalized spacial score (nSPS) is 27.8. The van der Waals surface area contributed by atoms with Crippen molar-refractivity contribution in [2.75, 3.05) is 6.61 Å². The highest BCUT2D eigenvalue weighted by atomic mass is 35.5. The Kier molecular flexibility index (Phi) is 7.75. The van der Waals surface area contributed by atoms with Gasteiger partial charge in [-0.05, 0) is 49.7 Å². The van der Waals surface area contributed by atoms with E-state index >= 15 is 0 Å². The van der Waals surface area contributed by atoms with Gasteiger partial charge in [-0.3, -0.25) is 4.99 Å². The predicted octanol–water partition coefficient (Wildman–Crippen LogP) is 4.39. The second kappa shape index (κ2) is 11.2. The van der Waals surface area contributed by atoms with E-state index in [9.17, 15) is 27.8 Å². The van der Waals surface area contributed by atoms with Gasteiger partial charge in [0.15, 0.2) is 5.82 Å². The van der Waals surface area contributed by atoms with Crippen LogP contribution in [0.2, 0.25) is 5.02 Å². The van der Waals surface area contributed by atoms with Crippen molar-refractivity contribution in [1.29, 1.82) is 0 Å². The molecule has 44 heavy (non-hydrogen) atoms. The standard InChI is InChI=1S/C28H25ClF4N6O4S/c1-12-37-26(39(38-12)19-7-15(29)3-4-16(19)28(31,32)33)23-21(40)20(22-25(43-23)27(2,41)10-42-22)35-9-14(8-34)13-5-17(30)24-18(6-13)36-11-44-24/h3-9,11,20-23,25,40-41H,10,34H2,1-2H3/b14-8+,35-9?/t20?,21?,22-,23-,25?,27?/m1/s1. The lowest BCUT2D eigenvalue weighted by Crippen LogP contribution is -2.57. The fraction of sp³-hybridized carbons (Fsp3) is 0.357. The molecule has 4 heterocycles. The lowest BCUT2D eigenvalue weighted by Gasteiger charge is -2.41. The number of hydrogen-bond donors (Lipinski definition) is 3. The SMILES string of the molecule is Cc1nc([C@@H]2OC3[C@H](OCC3(C)O)C(N=C/C(=C\N)c3cc(F)c4scnc4c3)C2O)n(-c2cc(Cl)ccc2C(F)(F)F)n1. The van der Waals surface area contributed by atoms with Crippen LogP contribution in [0.25, 0.3) is 21.5 Å². The van der Waals surface area contributed by atoms with Crippen molar-refractivity contribution in [2.45, 2.75) is 56.1 Å². The number of ether oxygens (including phenoxy) is 2. The molecule has 0 spiro atoms. The third kappa shape index (κ3) is 5.37. The van der Waals surface area contributed by atoms with Gasteiger partial charge in [0.25, 0.3) is 0 Å². The summed E-state index contributed by atoms with van der Waals surface area (Å²) in [6.45, 7) is 2.77. The van der Waals surface area contributed by atoms with Crippen molar-refractivity contribution in [2.24, 2.45) is 10.7 Å². The number of thiazole rings is 1. The summed E-state index contributed by atoms with van der Waals surface area (Å²) in [5.74, 6) is -0.578. The number of rotatable bonds is 5. The molecule has 2 aliphatic rings. The molecule has 0 bridgehead atoms. The third-order valence-electron chi connectivity index (χ3n) is 7.54. The van der Waals surface area contributed by atoms with Crippen molar-refractivity contribution < 1.29 is 37.2 Å². The number of nitrogens with zero attached hydrogens (tertiary/aromatic N) is 5. The molecule has 10 nitrogen and oxygen atoms in total. The molecule has 2 fully saturated rings. The summed E-state index contributed by atoms with van der Waals surface area (Å²) in [6.07, 6.45) is -7.23. The lowest BCUT2D eigenvalue weighted by molar-refractivity contribution is -0.193. The van der Waals surface area contributed by atoms with Gasteiger partial charge in [0.2, 0.25) is 0 Å². The van der Waals surface area contributed by atoms with Gasteiger partial charge in [0.05, 0.1) is 33.6 Å². The first kappa shape index (κ1) is 30.6. The van der Waals surface area contributed by atoms with Gasteiger partial charge in [0, 0.05) is 23.0 Å². The summed E-state index contributed by atoms with van der Waals surface area (Å²) in [5.41, 5.74) is 5.46. The van der Waals surface area contributed by atoms with Gasteiger partial charge in [-0.25, -0.2) is 19.0 Å². The number of aryl methyl sites for hydroxylation is 1. The van der Waals surface area contributed by atoms with E-state index in [1.165, 1.54) is 37.8 Å². The van der Waals surface area contributed by atoms with Crippen molar-refractivity contribution in [3.05, 3.63) is 75.7 Å². The highest BCUT2D eigenvalue weighted by Crippen LogP contribution is 2.43. The lowest BCUT2D eigenvalue weighted by atomic mass is 9.87. The van der Waals surface area contributed by atoms with E-state index in [0.717, 1.165) is 34.2 Å². The largest absolute Gasteiger partial charge is 0.418 e. The van der Waals surface area contributed by atoms with E-state index in [1.807, 2.05) is 0 Å². The second-order valence-electron chi connectivity index (χ2n) is 10.7. The molecule has 6 rings (SSSR count). The van der Waals surface area contributed by atoms with Crippen LogP contribution in [0.4, 0.5) is 17.6 Å². The molecule has 0 saturated carbocycles. The number of aromatic nitrogens is 4. The number of aliphatic hydroxyl groups excluding tert-OH is 1. The highest BCUT2D eigenvalue weighted by Gasteiger charge is 2.58. The van der Waals surface area contributed by atoms with Crippen LogP contribution < -0.4 is 5.73 Å². The van der Waals surface area contributed by atoms with Crippen LogP contribution in [0.3, 0.4) is 0 Å². The van der Waals surface area contributed by atoms with Crippen LogP contribution in [0.5, 0.6) is 0 Å². The van der Waals surface area contributed by atoms with Crippen LogP contribution in [-0.2, 0) is 15.7 Å². The summed E-state index contributed by atoms with van der Waals surface area (Å²) < 4.78 is 69.9. The number of halogens is 5. The molecule has 4 unspecified atom stereocenters. The number of alkyl halides is 3. The summed E-state index contributed by atoms with van der Waals surface area (Å²) in [4.78, 5) is 13.0. The zero-order valence-electron chi connectivity index (χ0n) is 23.0. The summed E-state index contributed by atoms with van der Waals surface area (Å²) in [7, 11) is 0. The number of benzene rings is 2. The number of aliphatic hydroxyl groups is 2. The molecule has 0 radical (unpaired) electrons. The van der Waals surface area contributed by atoms with E-state index in [2.05, 4.69) is 20.1 Å². The molecule has 232 valence electrons. The molecule has 4 aromatic rings. The van der Waals surface area contributed by atoms with E-state index < -0.39 is 59.3 Å². The Morgan fingerprint density at radius 3 is 2.80 bits per heavy atom. The van der Waals surface area contributed by atoms with Crippen LogP contribution in [0.1, 0.15) is 35.8 Å². The quantitative estimate of drug-likeness (QED) is 0.213. The van der Waals surface area contributed by atoms with Gasteiger partial charge in [0.1, 0.15) is 47.7 Å². The molecule has 2 saturated heterocycles. The minimum Gasteiger partial charge on any atom is -0.404 e. The monoisotopic (exact) mass is 652 g/mol.